The molecule has 1 fully saturated rings. The second-order valence-electron chi connectivity index (χ2n) is 7.64. The van der Waals surface area contributed by atoms with Crippen LogP contribution < -0.4 is 26.0 Å². The fraction of sp³-hybridized carbons (Fsp3) is 0.261. The van der Waals surface area contributed by atoms with Gasteiger partial charge in [-0.3, -0.25) is 4.79 Å². The Labute approximate surface area is 191 Å². The Morgan fingerprint density at radius 3 is 2.61 bits per heavy atom. The average Bonchev–Trinajstić information content (AvgIpc) is 2.81. The van der Waals surface area contributed by atoms with Crippen LogP contribution in [0.25, 0.3) is 0 Å². The van der Waals surface area contributed by atoms with Crippen LogP contribution in [0.4, 0.5) is 38.9 Å². The van der Waals surface area contributed by atoms with Crippen molar-refractivity contribution in [3.63, 3.8) is 0 Å². The quantitative estimate of drug-likeness (QED) is 0.490. The van der Waals surface area contributed by atoms with E-state index in [4.69, 9.17) is 10.5 Å². The first-order chi connectivity index (χ1) is 15.9. The number of methoxy groups -OCH3 is 1. The van der Waals surface area contributed by atoms with E-state index in [1.807, 2.05) is 29.2 Å². The summed E-state index contributed by atoms with van der Waals surface area (Å²) in [4.78, 5) is 23.8. The van der Waals surface area contributed by atoms with Gasteiger partial charge in [-0.1, -0.05) is 6.07 Å². The van der Waals surface area contributed by atoms with Crippen molar-refractivity contribution in [1.82, 2.24) is 14.9 Å². The largest absolute Gasteiger partial charge is 0.494 e. The molecule has 1 aliphatic rings. The van der Waals surface area contributed by atoms with Crippen LogP contribution in [0.15, 0.2) is 48.7 Å². The number of ether oxygens (including phenoxy) is 1. The molecule has 1 amide bonds. The normalized spacial score (nSPS) is 13.5. The molecule has 0 aliphatic carbocycles. The van der Waals surface area contributed by atoms with Crippen LogP contribution >= 0.6 is 0 Å². The molecule has 1 aliphatic heterocycles. The predicted octanol–water partition coefficient (Wildman–Crippen LogP) is 3.36. The van der Waals surface area contributed by atoms with Crippen molar-refractivity contribution in [3.05, 3.63) is 54.5 Å². The highest BCUT2D eigenvalue weighted by atomic mass is 19.1. The number of carbonyl (C=O) groups excluding carboxylic acids is 1. The van der Waals surface area contributed by atoms with Gasteiger partial charge in [-0.25, -0.2) is 9.37 Å². The third-order valence-electron chi connectivity index (χ3n) is 5.42. The zero-order valence-corrected chi connectivity index (χ0v) is 18.5. The van der Waals surface area contributed by atoms with E-state index in [-0.39, 0.29) is 17.7 Å². The molecule has 4 N–H and O–H groups in total. The Kier molecular flexibility index (Phi) is 6.43. The van der Waals surface area contributed by atoms with Crippen molar-refractivity contribution in [2.75, 3.05) is 54.6 Å². The van der Waals surface area contributed by atoms with Gasteiger partial charge in [0.05, 0.1) is 19.0 Å². The van der Waals surface area contributed by atoms with E-state index in [1.54, 1.807) is 32.2 Å². The minimum Gasteiger partial charge on any atom is -0.494 e. The molecule has 9 nitrogen and oxygen atoms in total. The number of piperazine rings is 1. The van der Waals surface area contributed by atoms with E-state index < -0.39 is 5.82 Å². The first kappa shape index (κ1) is 22.1. The van der Waals surface area contributed by atoms with Gasteiger partial charge in [0.15, 0.2) is 11.6 Å². The smallest absolute Gasteiger partial charge is 0.229 e. The number of anilines is 6. The highest BCUT2D eigenvalue weighted by molar-refractivity contribution is 5.74. The Balaban J connectivity index is 1.51. The van der Waals surface area contributed by atoms with E-state index in [0.717, 1.165) is 25.0 Å². The van der Waals surface area contributed by atoms with Crippen LogP contribution in [-0.4, -0.2) is 54.1 Å². The van der Waals surface area contributed by atoms with Crippen molar-refractivity contribution < 1.29 is 13.9 Å². The van der Waals surface area contributed by atoms with Crippen LogP contribution in [0.2, 0.25) is 0 Å². The topological polar surface area (TPSA) is 109 Å². The Hall–Kier alpha value is -4.08. The fourth-order valence-corrected chi connectivity index (χ4v) is 3.65. The average molecular weight is 452 g/mol. The highest BCUT2D eigenvalue weighted by Crippen LogP contribution is 2.33. The summed E-state index contributed by atoms with van der Waals surface area (Å²) < 4.78 is 20.0. The molecule has 2 heterocycles. The second-order valence-corrected chi connectivity index (χ2v) is 7.64. The molecule has 10 heteroatoms. The van der Waals surface area contributed by atoms with Crippen LogP contribution in [0.5, 0.6) is 5.75 Å². The van der Waals surface area contributed by atoms with Crippen molar-refractivity contribution >= 4 is 40.4 Å². The third-order valence-corrected chi connectivity index (χ3v) is 5.42. The molecule has 1 saturated heterocycles. The molecule has 0 spiro atoms. The zero-order valence-electron chi connectivity index (χ0n) is 18.5. The summed E-state index contributed by atoms with van der Waals surface area (Å²) in [6.07, 6.45) is 1.10. The Bertz CT molecular complexity index is 1150. The molecule has 3 aromatic rings. The lowest BCUT2D eigenvalue weighted by Crippen LogP contribution is -2.48. The van der Waals surface area contributed by atoms with Gasteiger partial charge in [-0.2, -0.15) is 4.98 Å². The standard InChI is InChI=1S/C23H26FN7O2/c1-15(32)30-8-10-31(11-9-30)18-6-7-20(21(13-18)33-2)28-22-19(24)14-26-23(29-22)27-17-5-3-4-16(25)12-17/h3-7,12-14H,8-11,25H2,1-2H3,(H2,26,27,28,29). The minimum absolute atomic E-state index is 0.0116. The molecule has 172 valence electrons. The summed E-state index contributed by atoms with van der Waals surface area (Å²) in [6, 6.07) is 12.7. The van der Waals surface area contributed by atoms with Gasteiger partial charge in [0.2, 0.25) is 11.9 Å². The third kappa shape index (κ3) is 5.22. The number of halogens is 1. The monoisotopic (exact) mass is 451 g/mol. The summed E-state index contributed by atoms with van der Waals surface area (Å²) in [5, 5.41) is 6.01. The molecule has 1 aromatic heterocycles. The SMILES string of the molecule is COc1cc(N2CCN(C(C)=O)CC2)ccc1Nc1nc(Nc2cccc(N)c2)ncc1F. The molecule has 0 atom stereocenters. The number of rotatable bonds is 6. The Morgan fingerprint density at radius 1 is 1.12 bits per heavy atom. The Morgan fingerprint density at radius 2 is 1.91 bits per heavy atom. The first-order valence-electron chi connectivity index (χ1n) is 10.5. The molecular weight excluding hydrogens is 425 g/mol. The summed E-state index contributed by atoms with van der Waals surface area (Å²) in [7, 11) is 1.56. The van der Waals surface area contributed by atoms with E-state index in [0.29, 0.717) is 35.9 Å². The molecule has 0 radical (unpaired) electrons. The summed E-state index contributed by atoms with van der Waals surface area (Å²) in [6.45, 7) is 4.39. The molecule has 2 aromatic carbocycles. The van der Waals surface area contributed by atoms with Crippen LogP contribution in [0, 0.1) is 5.82 Å². The van der Waals surface area contributed by atoms with Crippen LogP contribution in [-0.2, 0) is 4.79 Å². The van der Waals surface area contributed by atoms with Gasteiger partial charge in [0.1, 0.15) is 5.75 Å². The number of hydrogen-bond donors (Lipinski definition) is 3. The summed E-state index contributed by atoms with van der Waals surface area (Å²) in [5.41, 5.74) is 8.61. The molecule has 0 saturated carbocycles. The van der Waals surface area contributed by atoms with Gasteiger partial charge < -0.3 is 30.9 Å². The molecule has 0 unspecified atom stereocenters. The van der Waals surface area contributed by atoms with E-state index in [1.165, 1.54) is 0 Å². The lowest BCUT2D eigenvalue weighted by molar-refractivity contribution is -0.129. The molecular formula is C23H26FN7O2. The summed E-state index contributed by atoms with van der Waals surface area (Å²) in [5.74, 6) is 0.272. The lowest BCUT2D eigenvalue weighted by Gasteiger charge is -2.35. The van der Waals surface area contributed by atoms with Gasteiger partial charge in [-0.05, 0) is 30.3 Å². The second kappa shape index (κ2) is 9.60. The fourth-order valence-electron chi connectivity index (χ4n) is 3.65. The van der Waals surface area contributed by atoms with Gasteiger partial charge in [-0.15, -0.1) is 0 Å². The minimum atomic E-state index is -0.598. The van der Waals surface area contributed by atoms with E-state index in [2.05, 4.69) is 25.5 Å². The van der Waals surface area contributed by atoms with Crippen molar-refractivity contribution in [2.45, 2.75) is 6.92 Å². The lowest BCUT2D eigenvalue weighted by atomic mass is 10.2. The molecule has 4 rings (SSSR count). The van der Waals surface area contributed by atoms with Gasteiger partial charge >= 0.3 is 0 Å². The maximum Gasteiger partial charge on any atom is 0.229 e. The number of benzene rings is 2. The zero-order chi connectivity index (χ0) is 23.4. The van der Waals surface area contributed by atoms with E-state index in [9.17, 15) is 9.18 Å². The van der Waals surface area contributed by atoms with E-state index >= 15 is 0 Å². The maximum atomic E-state index is 14.4. The highest BCUT2D eigenvalue weighted by Gasteiger charge is 2.20. The number of aromatic nitrogens is 2. The number of amides is 1. The number of nitrogens with one attached hydrogen (secondary N) is 2. The van der Waals surface area contributed by atoms with Crippen molar-refractivity contribution in [3.8, 4) is 5.75 Å². The maximum absolute atomic E-state index is 14.4. The van der Waals surface area contributed by atoms with Gasteiger partial charge in [0, 0.05) is 56.2 Å². The van der Waals surface area contributed by atoms with Crippen molar-refractivity contribution in [1.29, 1.82) is 0 Å². The number of nitrogens with zero attached hydrogens (tertiary/aromatic N) is 4. The number of nitrogen functional groups attached to an aromatic ring is 1. The van der Waals surface area contributed by atoms with Crippen molar-refractivity contribution in [2.24, 2.45) is 0 Å². The summed E-state index contributed by atoms with van der Waals surface area (Å²) >= 11 is 0. The number of hydrogen-bond acceptors (Lipinski definition) is 8. The number of carbonyl (C=O) groups is 1. The molecule has 0 bridgehead atoms. The first-order valence-corrected chi connectivity index (χ1v) is 10.5. The predicted molar refractivity (Wildman–Crippen MR) is 127 cm³/mol. The van der Waals surface area contributed by atoms with Crippen LogP contribution in [0.3, 0.4) is 0 Å². The van der Waals surface area contributed by atoms with Gasteiger partial charge in [0.25, 0.3) is 0 Å². The number of nitrogens with two attached hydrogens (primary N) is 1. The van der Waals surface area contributed by atoms with Crippen LogP contribution in [0.1, 0.15) is 6.92 Å². The molecule has 33 heavy (non-hydrogen) atoms.